The number of nitriles is 1. The topological polar surface area (TPSA) is 55.1 Å². The van der Waals surface area contributed by atoms with E-state index in [-0.39, 0.29) is 0 Å². The second kappa shape index (κ2) is 5.21. The Morgan fingerprint density at radius 3 is 2.84 bits per heavy atom. The highest BCUT2D eigenvalue weighted by molar-refractivity contribution is 7.99. The molecule has 1 aromatic heterocycles. The first-order valence-corrected chi connectivity index (χ1v) is 6.61. The summed E-state index contributed by atoms with van der Waals surface area (Å²) >= 11 is 1.49. The Labute approximate surface area is 115 Å². The van der Waals surface area contributed by atoms with Crippen LogP contribution >= 0.6 is 11.8 Å². The summed E-state index contributed by atoms with van der Waals surface area (Å²) in [6.45, 7) is 1.15. The molecule has 0 N–H and O–H groups in total. The van der Waals surface area contributed by atoms with E-state index in [9.17, 15) is 0 Å². The molecule has 1 aliphatic rings. The van der Waals surface area contributed by atoms with Gasteiger partial charge in [0.1, 0.15) is 19.3 Å². The molecule has 0 bridgehead atoms. The molecule has 0 spiro atoms. The van der Waals surface area contributed by atoms with Crippen LogP contribution in [0.5, 0.6) is 11.5 Å². The van der Waals surface area contributed by atoms with Crippen molar-refractivity contribution in [3.8, 4) is 17.6 Å². The second-order valence-electron chi connectivity index (χ2n) is 3.87. The maximum Gasteiger partial charge on any atom is 0.162 e. The molecule has 19 heavy (non-hydrogen) atoms. The maximum absolute atomic E-state index is 9.02. The predicted molar refractivity (Wildman–Crippen MR) is 70.5 cm³/mol. The Morgan fingerprint density at radius 2 is 2.00 bits per heavy atom. The van der Waals surface area contributed by atoms with E-state index in [2.05, 4.69) is 11.1 Å². The molecule has 0 unspecified atom stereocenters. The molecule has 5 heteroatoms. The van der Waals surface area contributed by atoms with E-state index in [1.807, 2.05) is 30.3 Å². The molecule has 0 saturated heterocycles. The molecule has 1 aromatic carbocycles. The minimum atomic E-state index is 0.433. The van der Waals surface area contributed by atoms with E-state index in [1.165, 1.54) is 11.8 Å². The molecule has 3 rings (SSSR count). The zero-order valence-corrected chi connectivity index (χ0v) is 10.8. The number of rotatable bonds is 2. The summed E-state index contributed by atoms with van der Waals surface area (Å²) in [6.07, 6.45) is 1.62. The van der Waals surface area contributed by atoms with Gasteiger partial charge in [0.25, 0.3) is 0 Å². The zero-order valence-electron chi connectivity index (χ0n) is 10.00. The van der Waals surface area contributed by atoms with E-state index in [0.29, 0.717) is 18.9 Å². The van der Waals surface area contributed by atoms with Crippen molar-refractivity contribution in [3.63, 3.8) is 0 Å². The highest BCUT2D eigenvalue weighted by Crippen LogP contribution is 2.37. The molecule has 4 nitrogen and oxygen atoms in total. The monoisotopic (exact) mass is 270 g/mol. The number of aromatic nitrogens is 1. The molecule has 0 saturated carbocycles. The van der Waals surface area contributed by atoms with E-state index in [0.717, 1.165) is 21.3 Å². The van der Waals surface area contributed by atoms with Gasteiger partial charge in [-0.05, 0) is 30.3 Å². The summed E-state index contributed by atoms with van der Waals surface area (Å²) < 4.78 is 11.0. The summed E-state index contributed by atoms with van der Waals surface area (Å²) in [5.41, 5.74) is 0.433. The van der Waals surface area contributed by atoms with Crippen molar-refractivity contribution >= 4 is 11.8 Å². The van der Waals surface area contributed by atoms with Crippen molar-refractivity contribution in [2.75, 3.05) is 13.2 Å². The van der Waals surface area contributed by atoms with E-state index < -0.39 is 0 Å². The van der Waals surface area contributed by atoms with Crippen LogP contribution in [0.25, 0.3) is 0 Å². The van der Waals surface area contributed by atoms with Gasteiger partial charge < -0.3 is 9.47 Å². The van der Waals surface area contributed by atoms with E-state index >= 15 is 0 Å². The molecular weight excluding hydrogens is 260 g/mol. The molecule has 0 atom stereocenters. The fourth-order valence-corrected chi connectivity index (χ4v) is 2.67. The molecule has 2 aromatic rings. The lowest BCUT2D eigenvalue weighted by molar-refractivity contribution is 0.171. The Hall–Kier alpha value is -2.19. The van der Waals surface area contributed by atoms with Crippen LogP contribution in [0.1, 0.15) is 5.69 Å². The summed E-state index contributed by atoms with van der Waals surface area (Å²) in [5.74, 6) is 1.51. The highest BCUT2D eigenvalue weighted by atomic mass is 32.2. The second-order valence-corrected chi connectivity index (χ2v) is 4.98. The first-order valence-electron chi connectivity index (χ1n) is 5.79. The molecular formula is C14H10N2O2S. The van der Waals surface area contributed by atoms with Crippen molar-refractivity contribution in [3.05, 3.63) is 42.2 Å². The first kappa shape index (κ1) is 11.9. The van der Waals surface area contributed by atoms with Crippen LogP contribution in [0, 0.1) is 11.3 Å². The molecule has 2 heterocycles. The number of ether oxygens (including phenoxy) is 2. The molecule has 0 fully saturated rings. The SMILES string of the molecule is N#Cc1ncccc1Sc1ccc2c(c1)OCCO2. The normalized spacial score (nSPS) is 12.8. The van der Waals surface area contributed by atoms with Gasteiger partial charge in [0.2, 0.25) is 0 Å². The largest absolute Gasteiger partial charge is 0.486 e. The molecule has 94 valence electrons. The van der Waals surface area contributed by atoms with Crippen molar-refractivity contribution < 1.29 is 9.47 Å². The molecule has 0 radical (unpaired) electrons. The quantitative estimate of drug-likeness (QED) is 0.839. The Morgan fingerprint density at radius 1 is 1.16 bits per heavy atom. The molecule has 0 amide bonds. The van der Waals surface area contributed by atoms with Crippen molar-refractivity contribution in [1.29, 1.82) is 5.26 Å². The summed E-state index contributed by atoms with van der Waals surface area (Å²) in [5, 5.41) is 9.02. The van der Waals surface area contributed by atoms with Crippen LogP contribution in [0.2, 0.25) is 0 Å². The minimum Gasteiger partial charge on any atom is -0.486 e. The van der Waals surface area contributed by atoms with Gasteiger partial charge in [-0.2, -0.15) is 5.26 Å². The van der Waals surface area contributed by atoms with Crippen LogP contribution in [-0.2, 0) is 0 Å². The Bertz CT molecular complexity index is 652. The standard InChI is InChI=1S/C14H10N2O2S/c15-9-11-14(2-1-5-16-11)19-10-3-4-12-13(8-10)18-7-6-17-12/h1-5,8H,6-7H2. The highest BCUT2D eigenvalue weighted by Gasteiger charge is 2.13. The fourth-order valence-electron chi connectivity index (χ4n) is 1.77. The zero-order chi connectivity index (χ0) is 13.1. The average Bonchev–Trinajstić information content (AvgIpc) is 2.48. The molecule has 1 aliphatic heterocycles. The molecule has 0 aliphatic carbocycles. The third-order valence-electron chi connectivity index (χ3n) is 2.62. The number of hydrogen-bond acceptors (Lipinski definition) is 5. The van der Waals surface area contributed by atoms with Gasteiger partial charge in [-0.3, -0.25) is 0 Å². The van der Waals surface area contributed by atoms with E-state index in [1.54, 1.807) is 6.20 Å². The third kappa shape index (κ3) is 2.49. The van der Waals surface area contributed by atoms with Gasteiger partial charge in [0, 0.05) is 16.0 Å². The maximum atomic E-state index is 9.02. The van der Waals surface area contributed by atoms with Crippen molar-refractivity contribution in [2.45, 2.75) is 9.79 Å². The van der Waals surface area contributed by atoms with E-state index in [4.69, 9.17) is 14.7 Å². The minimum absolute atomic E-state index is 0.433. The van der Waals surface area contributed by atoms with Crippen LogP contribution in [-0.4, -0.2) is 18.2 Å². The van der Waals surface area contributed by atoms with Gasteiger partial charge in [-0.15, -0.1) is 0 Å². The number of pyridine rings is 1. The van der Waals surface area contributed by atoms with Crippen molar-refractivity contribution in [1.82, 2.24) is 4.98 Å². The van der Waals surface area contributed by atoms with Crippen LogP contribution in [0.3, 0.4) is 0 Å². The summed E-state index contributed by atoms with van der Waals surface area (Å²) in [6, 6.07) is 11.6. The Balaban J connectivity index is 1.89. The third-order valence-corrected chi connectivity index (χ3v) is 3.66. The fraction of sp³-hybridized carbons (Fsp3) is 0.143. The first-order chi connectivity index (χ1) is 9.36. The number of fused-ring (bicyclic) bond motifs is 1. The lowest BCUT2D eigenvalue weighted by Gasteiger charge is -2.18. The number of benzene rings is 1. The number of nitrogens with zero attached hydrogens (tertiary/aromatic N) is 2. The number of hydrogen-bond donors (Lipinski definition) is 0. The van der Waals surface area contributed by atoms with Gasteiger partial charge >= 0.3 is 0 Å². The van der Waals surface area contributed by atoms with Crippen molar-refractivity contribution in [2.24, 2.45) is 0 Å². The summed E-state index contributed by atoms with van der Waals surface area (Å²) in [7, 11) is 0. The van der Waals surface area contributed by atoms with Crippen LogP contribution in [0.15, 0.2) is 46.3 Å². The van der Waals surface area contributed by atoms with Gasteiger partial charge in [-0.1, -0.05) is 11.8 Å². The Kier molecular flexibility index (Phi) is 3.25. The van der Waals surface area contributed by atoms with Gasteiger partial charge in [0.15, 0.2) is 17.2 Å². The summed E-state index contributed by atoms with van der Waals surface area (Å²) in [4.78, 5) is 5.87. The van der Waals surface area contributed by atoms with Gasteiger partial charge in [0.05, 0.1) is 0 Å². The lowest BCUT2D eigenvalue weighted by atomic mass is 10.3. The van der Waals surface area contributed by atoms with Crippen LogP contribution in [0.4, 0.5) is 0 Å². The van der Waals surface area contributed by atoms with Gasteiger partial charge in [-0.25, -0.2) is 4.98 Å². The van der Waals surface area contributed by atoms with Crippen LogP contribution < -0.4 is 9.47 Å². The lowest BCUT2D eigenvalue weighted by Crippen LogP contribution is -2.15. The predicted octanol–water partition coefficient (Wildman–Crippen LogP) is 2.88. The average molecular weight is 270 g/mol. The smallest absolute Gasteiger partial charge is 0.162 e.